The van der Waals surface area contributed by atoms with E-state index in [2.05, 4.69) is 20.1 Å². The summed E-state index contributed by atoms with van der Waals surface area (Å²) in [6.45, 7) is 3.12. The monoisotopic (exact) mass is 321 g/mol. The van der Waals surface area contributed by atoms with Crippen LogP contribution in [0.1, 0.15) is 0 Å². The van der Waals surface area contributed by atoms with Crippen molar-refractivity contribution in [2.75, 3.05) is 36.9 Å². The predicted molar refractivity (Wildman–Crippen MR) is 94.7 cm³/mol. The molecule has 6 nitrogen and oxygen atoms in total. The quantitative estimate of drug-likeness (QED) is 0.725. The van der Waals surface area contributed by atoms with Crippen LogP contribution in [-0.4, -0.2) is 41.5 Å². The number of hydrogen-bond acceptors (Lipinski definition) is 5. The molecule has 1 aromatic carbocycles. The second-order valence-electron chi connectivity index (χ2n) is 5.75. The van der Waals surface area contributed by atoms with Crippen molar-refractivity contribution >= 4 is 11.5 Å². The molecule has 0 bridgehead atoms. The Hall–Kier alpha value is -2.86. The molecule has 2 aromatic heterocycles. The highest BCUT2D eigenvalue weighted by Crippen LogP contribution is 2.38. The van der Waals surface area contributed by atoms with Crippen LogP contribution in [0.3, 0.4) is 0 Å². The average molecular weight is 321 g/mol. The van der Waals surface area contributed by atoms with E-state index in [9.17, 15) is 0 Å². The summed E-state index contributed by atoms with van der Waals surface area (Å²) in [6.07, 6.45) is 3.61. The van der Waals surface area contributed by atoms with E-state index in [0.717, 1.165) is 60.2 Å². The number of aromatic nitrogens is 3. The Morgan fingerprint density at radius 1 is 0.958 bits per heavy atom. The van der Waals surface area contributed by atoms with E-state index in [0.29, 0.717) is 0 Å². The fraction of sp³-hybridized carbons (Fsp3) is 0.222. The van der Waals surface area contributed by atoms with E-state index in [1.54, 1.807) is 12.4 Å². The Kier molecular flexibility index (Phi) is 3.88. The number of anilines is 2. The lowest BCUT2D eigenvalue weighted by molar-refractivity contribution is 0.122. The third-order valence-corrected chi connectivity index (χ3v) is 4.23. The van der Waals surface area contributed by atoms with Crippen molar-refractivity contribution in [2.45, 2.75) is 0 Å². The van der Waals surface area contributed by atoms with Crippen molar-refractivity contribution in [1.82, 2.24) is 15.2 Å². The largest absolute Gasteiger partial charge is 0.399 e. The summed E-state index contributed by atoms with van der Waals surface area (Å²) in [5.74, 6) is 0.955. The van der Waals surface area contributed by atoms with Crippen LogP contribution in [0.4, 0.5) is 11.5 Å². The molecule has 3 heterocycles. The van der Waals surface area contributed by atoms with Crippen LogP contribution >= 0.6 is 0 Å². The topological polar surface area (TPSA) is 80.1 Å². The van der Waals surface area contributed by atoms with Gasteiger partial charge in [-0.05, 0) is 29.8 Å². The molecule has 3 N–H and O–H groups in total. The van der Waals surface area contributed by atoms with Crippen LogP contribution in [0.5, 0.6) is 0 Å². The van der Waals surface area contributed by atoms with E-state index in [1.807, 2.05) is 36.4 Å². The predicted octanol–water partition coefficient (Wildman–Crippen LogP) is 2.56. The first kappa shape index (κ1) is 14.7. The number of nitrogens with zero attached hydrogens (tertiary/aromatic N) is 3. The van der Waals surface area contributed by atoms with Crippen LogP contribution < -0.4 is 10.6 Å². The van der Waals surface area contributed by atoms with Gasteiger partial charge in [0.1, 0.15) is 0 Å². The van der Waals surface area contributed by atoms with E-state index in [-0.39, 0.29) is 0 Å². The van der Waals surface area contributed by atoms with Gasteiger partial charge in [0.15, 0.2) is 5.82 Å². The van der Waals surface area contributed by atoms with Gasteiger partial charge < -0.3 is 15.4 Å². The number of rotatable bonds is 3. The van der Waals surface area contributed by atoms with E-state index >= 15 is 0 Å². The molecule has 1 aliphatic heterocycles. The molecule has 1 saturated heterocycles. The number of hydrogen-bond donors (Lipinski definition) is 2. The zero-order chi connectivity index (χ0) is 16.4. The van der Waals surface area contributed by atoms with Crippen LogP contribution in [0.25, 0.3) is 22.4 Å². The molecular formula is C18H19N5O. The number of ether oxygens (including phenoxy) is 1. The Morgan fingerprint density at radius 3 is 2.38 bits per heavy atom. The number of nitrogens with two attached hydrogens (primary N) is 1. The average Bonchev–Trinajstić information content (AvgIpc) is 3.09. The lowest BCUT2D eigenvalue weighted by atomic mass is 10.0. The maximum Gasteiger partial charge on any atom is 0.159 e. The number of pyridine rings is 1. The Labute approximate surface area is 140 Å². The van der Waals surface area contributed by atoms with Crippen LogP contribution in [0.15, 0.2) is 48.8 Å². The highest BCUT2D eigenvalue weighted by atomic mass is 16.5. The van der Waals surface area contributed by atoms with Gasteiger partial charge >= 0.3 is 0 Å². The molecule has 0 spiro atoms. The fourth-order valence-electron chi connectivity index (χ4n) is 2.99. The molecule has 3 aromatic rings. The van der Waals surface area contributed by atoms with Gasteiger partial charge in [0, 0.05) is 36.7 Å². The molecule has 6 heteroatoms. The normalized spacial score (nSPS) is 14.8. The second-order valence-corrected chi connectivity index (χ2v) is 5.75. The summed E-state index contributed by atoms with van der Waals surface area (Å²) in [4.78, 5) is 6.39. The summed E-state index contributed by atoms with van der Waals surface area (Å²) in [6, 6.07) is 11.8. The van der Waals surface area contributed by atoms with Crippen molar-refractivity contribution < 1.29 is 4.74 Å². The highest BCUT2D eigenvalue weighted by molar-refractivity contribution is 5.89. The lowest BCUT2D eigenvalue weighted by Gasteiger charge is -2.27. The minimum Gasteiger partial charge on any atom is -0.399 e. The summed E-state index contributed by atoms with van der Waals surface area (Å²) in [7, 11) is 0. The molecule has 1 aliphatic rings. The van der Waals surface area contributed by atoms with Crippen LogP contribution in [0, 0.1) is 0 Å². The molecule has 1 fully saturated rings. The number of morpholine rings is 1. The Bertz CT molecular complexity index is 807. The van der Waals surface area contributed by atoms with Gasteiger partial charge in [-0.15, -0.1) is 0 Å². The Balaban J connectivity index is 1.84. The van der Waals surface area contributed by atoms with Crippen LogP contribution in [-0.2, 0) is 4.74 Å². The van der Waals surface area contributed by atoms with Crippen molar-refractivity contribution in [3.63, 3.8) is 0 Å². The molecule has 0 aliphatic carbocycles. The smallest absolute Gasteiger partial charge is 0.159 e. The van der Waals surface area contributed by atoms with Gasteiger partial charge in [-0.2, -0.15) is 5.10 Å². The lowest BCUT2D eigenvalue weighted by Crippen LogP contribution is -2.36. The minimum absolute atomic E-state index is 0.722. The second kappa shape index (κ2) is 6.33. The molecular weight excluding hydrogens is 302 g/mol. The SMILES string of the molecule is Nc1ccc(-c2[nH]nc(N3CCOCC3)c2-c2ccncc2)cc1. The molecule has 0 saturated carbocycles. The first-order valence-corrected chi connectivity index (χ1v) is 8.00. The number of benzene rings is 1. The molecule has 0 unspecified atom stereocenters. The number of aromatic amines is 1. The van der Waals surface area contributed by atoms with Gasteiger partial charge in [-0.25, -0.2) is 0 Å². The maximum absolute atomic E-state index is 5.82. The summed E-state index contributed by atoms with van der Waals surface area (Å²) < 4.78 is 5.47. The van der Waals surface area contributed by atoms with Gasteiger partial charge in [0.2, 0.25) is 0 Å². The third-order valence-electron chi connectivity index (χ3n) is 4.23. The Morgan fingerprint density at radius 2 is 1.67 bits per heavy atom. The summed E-state index contributed by atoms with van der Waals surface area (Å²) in [5, 5.41) is 7.82. The molecule has 4 rings (SSSR count). The van der Waals surface area contributed by atoms with Crippen molar-refractivity contribution in [3.05, 3.63) is 48.8 Å². The molecule has 24 heavy (non-hydrogen) atoms. The minimum atomic E-state index is 0.722. The van der Waals surface area contributed by atoms with Crippen molar-refractivity contribution in [2.24, 2.45) is 0 Å². The van der Waals surface area contributed by atoms with Crippen molar-refractivity contribution in [1.29, 1.82) is 0 Å². The highest BCUT2D eigenvalue weighted by Gasteiger charge is 2.22. The standard InChI is InChI=1S/C18H19N5O/c19-15-3-1-14(2-4-15)17-16(13-5-7-20-8-6-13)18(22-21-17)23-9-11-24-12-10-23/h1-8H,9-12,19H2,(H,21,22). The number of nitrogens with one attached hydrogen (secondary N) is 1. The van der Waals surface area contributed by atoms with E-state index < -0.39 is 0 Å². The molecule has 0 atom stereocenters. The zero-order valence-corrected chi connectivity index (χ0v) is 13.3. The number of nitrogen functional groups attached to an aromatic ring is 1. The van der Waals surface area contributed by atoms with Gasteiger partial charge in [0.25, 0.3) is 0 Å². The molecule has 0 radical (unpaired) electrons. The maximum atomic E-state index is 5.82. The first-order chi connectivity index (χ1) is 11.8. The van der Waals surface area contributed by atoms with E-state index in [4.69, 9.17) is 10.5 Å². The number of H-pyrrole nitrogens is 1. The van der Waals surface area contributed by atoms with Crippen LogP contribution in [0.2, 0.25) is 0 Å². The fourth-order valence-corrected chi connectivity index (χ4v) is 2.99. The molecule has 122 valence electrons. The van der Waals surface area contributed by atoms with E-state index in [1.165, 1.54) is 0 Å². The van der Waals surface area contributed by atoms with Crippen molar-refractivity contribution in [3.8, 4) is 22.4 Å². The van der Waals surface area contributed by atoms with Gasteiger partial charge in [-0.3, -0.25) is 10.1 Å². The van der Waals surface area contributed by atoms with Gasteiger partial charge in [-0.1, -0.05) is 12.1 Å². The zero-order valence-electron chi connectivity index (χ0n) is 13.3. The molecule has 0 amide bonds. The van der Waals surface area contributed by atoms with Gasteiger partial charge in [0.05, 0.1) is 24.5 Å². The summed E-state index contributed by atoms with van der Waals surface area (Å²) in [5.41, 5.74) is 10.8. The first-order valence-electron chi connectivity index (χ1n) is 8.00. The third kappa shape index (κ3) is 2.72. The summed E-state index contributed by atoms with van der Waals surface area (Å²) >= 11 is 0.